The number of aromatic nitrogens is 2. The SMILES string of the molecule is C=C1N(C)C(=O)c2c(nc(NC3CCCCC3)n2Cc2cc3c(cc2Cl)OCO3)N1C. The number of benzene rings is 1. The van der Waals surface area contributed by atoms with Gasteiger partial charge < -0.3 is 19.7 Å². The van der Waals surface area contributed by atoms with Crippen LogP contribution in [0.2, 0.25) is 5.02 Å². The molecule has 8 nitrogen and oxygen atoms in total. The fourth-order valence-corrected chi connectivity index (χ4v) is 4.67. The van der Waals surface area contributed by atoms with Gasteiger partial charge in [0.25, 0.3) is 5.91 Å². The van der Waals surface area contributed by atoms with Crippen molar-refractivity contribution in [3.63, 3.8) is 0 Å². The minimum absolute atomic E-state index is 0.140. The molecule has 9 heteroatoms. The molecule has 3 aliphatic rings. The van der Waals surface area contributed by atoms with E-state index in [1.165, 1.54) is 19.3 Å². The summed E-state index contributed by atoms with van der Waals surface area (Å²) in [5.74, 6) is 3.02. The number of ether oxygens (including phenoxy) is 2. The second-order valence-corrected chi connectivity index (χ2v) is 8.72. The van der Waals surface area contributed by atoms with Crippen LogP contribution in [-0.2, 0) is 6.54 Å². The van der Waals surface area contributed by atoms with Gasteiger partial charge in [-0.15, -0.1) is 0 Å². The second kappa shape index (κ2) is 7.67. The average molecular weight is 444 g/mol. The van der Waals surface area contributed by atoms with E-state index in [0.29, 0.717) is 52.4 Å². The zero-order chi connectivity index (χ0) is 21.7. The third-order valence-electron chi connectivity index (χ3n) is 6.36. The largest absolute Gasteiger partial charge is 0.454 e. The number of rotatable bonds is 4. The first-order valence-electron chi connectivity index (χ1n) is 10.6. The molecule has 3 heterocycles. The van der Waals surface area contributed by atoms with Crippen LogP contribution in [0.3, 0.4) is 0 Å². The van der Waals surface area contributed by atoms with Crippen molar-refractivity contribution in [1.29, 1.82) is 0 Å². The number of fused-ring (bicyclic) bond motifs is 2. The van der Waals surface area contributed by atoms with Gasteiger partial charge in [-0.3, -0.25) is 14.3 Å². The number of anilines is 2. The number of amides is 1. The number of nitrogens with one attached hydrogen (secondary N) is 1. The van der Waals surface area contributed by atoms with Crippen molar-refractivity contribution in [1.82, 2.24) is 14.5 Å². The number of nitrogens with zero attached hydrogens (tertiary/aromatic N) is 4. The van der Waals surface area contributed by atoms with Crippen molar-refractivity contribution in [3.8, 4) is 11.5 Å². The Hall–Kier alpha value is -2.87. The molecule has 0 saturated heterocycles. The molecule has 0 bridgehead atoms. The molecule has 2 aliphatic heterocycles. The summed E-state index contributed by atoms with van der Waals surface area (Å²) in [6, 6.07) is 3.98. The van der Waals surface area contributed by atoms with Crippen molar-refractivity contribution in [2.75, 3.05) is 31.1 Å². The van der Waals surface area contributed by atoms with Crippen molar-refractivity contribution >= 4 is 29.3 Å². The van der Waals surface area contributed by atoms with Gasteiger partial charge in [-0.25, -0.2) is 0 Å². The molecule has 0 atom stereocenters. The average Bonchev–Trinajstić information content (AvgIpc) is 3.36. The highest BCUT2D eigenvalue weighted by Gasteiger charge is 2.36. The van der Waals surface area contributed by atoms with Gasteiger partial charge in [0.1, 0.15) is 5.82 Å². The number of carbonyl (C=O) groups excluding carboxylic acids is 1. The van der Waals surface area contributed by atoms with Crippen LogP contribution in [0.4, 0.5) is 11.8 Å². The fourth-order valence-electron chi connectivity index (χ4n) is 4.45. The molecule has 2 aromatic rings. The number of imidazole rings is 1. The Morgan fingerprint density at radius 3 is 2.61 bits per heavy atom. The molecule has 1 saturated carbocycles. The Morgan fingerprint density at radius 1 is 1.16 bits per heavy atom. The van der Waals surface area contributed by atoms with E-state index in [-0.39, 0.29) is 12.7 Å². The molecule has 5 rings (SSSR count). The summed E-state index contributed by atoms with van der Waals surface area (Å²) in [7, 11) is 3.60. The van der Waals surface area contributed by atoms with Crippen molar-refractivity contribution in [2.45, 2.75) is 44.7 Å². The monoisotopic (exact) mass is 443 g/mol. The van der Waals surface area contributed by atoms with Crippen LogP contribution in [0.15, 0.2) is 24.5 Å². The smallest absolute Gasteiger partial charge is 0.279 e. The maximum Gasteiger partial charge on any atom is 0.279 e. The van der Waals surface area contributed by atoms with Crippen LogP contribution in [-0.4, -0.2) is 47.3 Å². The maximum atomic E-state index is 13.2. The molecule has 31 heavy (non-hydrogen) atoms. The van der Waals surface area contributed by atoms with Crippen LogP contribution in [0.25, 0.3) is 0 Å². The van der Waals surface area contributed by atoms with Crippen molar-refractivity contribution < 1.29 is 14.3 Å². The topological polar surface area (TPSA) is 71.9 Å². The molecule has 1 aliphatic carbocycles. The minimum Gasteiger partial charge on any atom is -0.454 e. The van der Waals surface area contributed by atoms with Gasteiger partial charge in [0.05, 0.1) is 6.54 Å². The minimum atomic E-state index is -0.140. The summed E-state index contributed by atoms with van der Waals surface area (Å²) >= 11 is 6.56. The summed E-state index contributed by atoms with van der Waals surface area (Å²) < 4.78 is 12.9. The molecule has 1 N–H and O–H groups in total. The van der Waals surface area contributed by atoms with E-state index in [4.69, 9.17) is 26.1 Å². The zero-order valence-electron chi connectivity index (χ0n) is 17.8. The van der Waals surface area contributed by atoms with Gasteiger partial charge in [0.2, 0.25) is 12.7 Å². The van der Waals surface area contributed by atoms with Gasteiger partial charge in [-0.2, -0.15) is 4.98 Å². The highest BCUT2D eigenvalue weighted by atomic mass is 35.5. The summed E-state index contributed by atoms with van der Waals surface area (Å²) in [6.45, 7) is 4.59. The van der Waals surface area contributed by atoms with Crippen molar-refractivity contribution in [3.05, 3.63) is 40.8 Å². The van der Waals surface area contributed by atoms with E-state index >= 15 is 0 Å². The van der Waals surface area contributed by atoms with Gasteiger partial charge in [0, 0.05) is 31.2 Å². The standard InChI is InChI=1S/C22H26ClN5O3/c1-13-26(2)20-19(21(29)27(13)3)28(22(25-20)24-15-7-5-4-6-8-15)11-14-9-17-18(10-16(14)23)31-12-30-17/h9-10,15H,1,4-8,11-12H2,2-3H3,(H,24,25). The first-order valence-corrected chi connectivity index (χ1v) is 11.0. The third-order valence-corrected chi connectivity index (χ3v) is 6.71. The molecule has 1 fully saturated rings. The summed E-state index contributed by atoms with van der Waals surface area (Å²) in [5, 5.41) is 4.16. The Kier molecular flexibility index (Phi) is 4.97. The highest BCUT2D eigenvalue weighted by molar-refractivity contribution is 6.31. The second-order valence-electron chi connectivity index (χ2n) is 8.31. The number of hydrogen-bond donors (Lipinski definition) is 1. The first kappa shape index (κ1) is 20.1. The predicted molar refractivity (Wildman–Crippen MR) is 119 cm³/mol. The van der Waals surface area contributed by atoms with Crippen LogP contribution < -0.4 is 19.7 Å². The van der Waals surface area contributed by atoms with Gasteiger partial charge in [-0.05, 0) is 24.5 Å². The summed E-state index contributed by atoms with van der Waals surface area (Å²) in [5.41, 5.74) is 1.35. The quantitative estimate of drug-likeness (QED) is 0.768. The van der Waals surface area contributed by atoms with Gasteiger partial charge in [0.15, 0.2) is 23.0 Å². The zero-order valence-corrected chi connectivity index (χ0v) is 18.5. The lowest BCUT2D eigenvalue weighted by molar-refractivity contribution is 0.0816. The molecule has 0 unspecified atom stereocenters. The maximum absolute atomic E-state index is 13.2. The van der Waals surface area contributed by atoms with Gasteiger partial charge >= 0.3 is 0 Å². The summed E-state index contributed by atoms with van der Waals surface area (Å²) in [6.07, 6.45) is 5.86. The van der Waals surface area contributed by atoms with E-state index in [1.54, 1.807) is 18.0 Å². The number of hydrogen-bond acceptors (Lipinski definition) is 6. The van der Waals surface area contributed by atoms with Crippen LogP contribution in [0.1, 0.15) is 48.2 Å². The predicted octanol–water partition coefficient (Wildman–Crippen LogP) is 4.05. The third kappa shape index (κ3) is 3.39. The molecule has 1 aromatic heterocycles. The Labute approximate surface area is 186 Å². The van der Waals surface area contributed by atoms with E-state index in [1.807, 2.05) is 22.6 Å². The lowest BCUT2D eigenvalue weighted by Gasteiger charge is -2.32. The van der Waals surface area contributed by atoms with Crippen LogP contribution in [0, 0.1) is 0 Å². The Morgan fingerprint density at radius 2 is 1.87 bits per heavy atom. The molecular formula is C22H26ClN5O3. The van der Waals surface area contributed by atoms with Gasteiger partial charge in [-0.1, -0.05) is 37.4 Å². The molecule has 1 aromatic carbocycles. The molecule has 0 radical (unpaired) electrons. The first-order chi connectivity index (χ1) is 14.9. The highest BCUT2D eigenvalue weighted by Crippen LogP contribution is 2.39. The molecule has 0 spiro atoms. The van der Waals surface area contributed by atoms with E-state index in [9.17, 15) is 4.79 Å². The Balaban J connectivity index is 1.58. The van der Waals surface area contributed by atoms with Crippen molar-refractivity contribution in [2.24, 2.45) is 0 Å². The molecule has 164 valence electrons. The van der Waals surface area contributed by atoms with Crippen LogP contribution in [0.5, 0.6) is 11.5 Å². The van der Waals surface area contributed by atoms with E-state index in [2.05, 4.69) is 11.9 Å². The lowest BCUT2D eigenvalue weighted by Crippen LogP contribution is -2.41. The fraction of sp³-hybridized carbons (Fsp3) is 0.455. The summed E-state index contributed by atoms with van der Waals surface area (Å²) in [4.78, 5) is 21.5. The Bertz CT molecular complexity index is 1060. The number of carbonyl (C=O) groups is 1. The van der Waals surface area contributed by atoms with Crippen LogP contribution >= 0.6 is 11.6 Å². The normalized spacial score (nSPS) is 18.5. The van der Waals surface area contributed by atoms with E-state index < -0.39 is 0 Å². The lowest BCUT2D eigenvalue weighted by atomic mass is 9.96. The van der Waals surface area contributed by atoms with E-state index in [0.717, 1.165) is 18.4 Å². The number of halogens is 1. The molecule has 1 amide bonds. The molecular weight excluding hydrogens is 418 g/mol.